The molecule has 0 aliphatic carbocycles. The summed E-state index contributed by atoms with van der Waals surface area (Å²) in [6, 6.07) is 0. The summed E-state index contributed by atoms with van der Waals surface area (Å²) in [5, 5.41) is 0. The van der Waals surface area contributed by atoms with Crippen molar-refractivity contribution in [2.24, 2.45) is 0 Å². The highest BCUT2D eigenvalue weighted by Gasteiger charge is 2.10. The molecule has 6 heteroatoms. The maximum absolute atomic E-state index is 10.7. The van der Waals surface area contributed by atoms with Crippen molar-refractivity contribution in [2.45, 2.75) is 13.3 Å². The molecule has 4 nitrogen and oxygen atoms in total. The monoisotopic (exact) mass is 458 g/mol. The number of rotatable bonds is 6. The van der Waals surface area contributed by atoms with Crippen LogP contribution < -0.4 is 30.1 Å². The average molecular weight is 458 g/mol. The maximum Gasteiger partial charge on any atom is 0.330 e. The van der Waals surface area contributed by atoms with Crippen LogP contribution in [0, 0.1) is 0 Å². The van der Waals surface area contributed by atoms with Gasteiger partial charge in [-0.3, -0.25) is 0 Å². The van der Waals surface area contributed by atoms with Crippen LogP contribution in [0.5, 0.6) is 0 Å². The van der Waals surface area contributed by atoms with Gasteiger partial charge in [0.15, 0.2) is 0 Å². The predicted molar refractivity (Wildman–Crippen MR) is 73.7 cm³/mol. The van der Waals surface area contributed by atoms with Crippen LogP contribution in [0.25, 0.3) is 0 Å². The van der Waals surface area contributed by atoms with Crippen LogP contribution in [0.2, 0.25) is 0 Å². The minimum absolute atomic E-state index is 0. The zero-order chi connectivity index (χ0) is 10.3. The van der Waals surface area contributed by atoms with Gasteiger partial charge in [0.05, 0.1) is 33.8 Å². The molecule has 0 bridgehead atoms. The molecule has 0 aliphatic heterocycles. The second kappa shape index (κ2) is 13.7. The topological polar surface area (TPSA) is 61.3 Å². The minimum atomic E-state index is -0.332. The SMILES string of the molecule is C=CC(=O)OCCC[N+](C)(C)CC.I.N.[I-]. The van der Waals surface area contributed by atoms with E-state index < -0.39 is 0 Å². The number of quaternary nitrogens is 1. The van der Waals surface area contributed by atoms with E-state index in [9.17, 15) is 4.79 Å². The van der Waals surface area contributed by atoms with Crippen molar-refractivity contribution in [1.82, 2.24) is 6.15 Å². The van der Waals surface area contributed by atoms with Crippen LogP contribution in [0.3, 0.4) is 0 Å². The number of ether oxygens (including phenoxy) is 1. The molecule has 16 heavy (non-hydrogen) atoms. The Kier molecular flexibility index (Phi) is 21.7. The van der Waals surface area contributed by atoms with Crippen molar-refractivity contribution in [3.05, 3.63) is 12.7 Å². The fourth-order valence-electron chi connectivity index (χ4n) is 0.882. The largest absolute Gasteiger partial charge is 1.00 e. The first-order chi connectivity index (χ1) is 6.02. The first-order valence-corrected chi connectivity index (χ1v) is 4.63. The first-order valence-electron chi connectivity index (χ1n) is 4.63. The summed E-state index contributed by atoms with van der Waals surface area (Å²) in [7, 11) is 4.32. The van der Waals surface area contributed by atoms with Gasteiger partial charge < -0.3 is 39.3 Å². The Morgan fingerprint density at radius 1 is 1.44 bits per heavy atom. The molecule has 0 heterocycles. The van der Waals surface area contributed by atoms with Gasteiger partial charge in [-0.25, -0.2) is 4.79 Å². The van der Waals surface area contributed by atoms with Gasteiger partial charge in [-0.1, -0.05) is 6.58 Å². The lowest BCUT2D eigenvalue weighted by Crippen LogP contribution is -3.00. The van der Waals surface area contributed by atoms with Crippen LogP contribution in [0.15, 0.2) is 12.7 Å². The molecular formula is C10H24I2N2O2. The molecule has 0 saturated heterocycles. The molecule has 3 N–H and O–H groups in total. The Balaban J connectivity index is -0.000000240. The number of nitrogens with zero attached hydrogens (tertiary/aromatic N) is 1. The van der Waals surface area contributed by atoms with Crippen molar-refractivity contribution in [1.29, 1.82) is 0 Å². The Bertz CT molecular complexity index is 188. The molecule has 0 amide bonds. The molecule has 0 fully saturated rings. The number of esters is 1. The molecule has 0 aromatic carbocycles. The summed E-state index contributed by atoms with van der Waals surface area (Å²) in [6.07, 6.45) is 2.10. The van der Waals surface area contributed by atoms with E-state index in [1.165, 1.54) is 6.08 Å². The number of carbonyl (C=O) groups is 1. The Morgan fingerprint density at radius 2 is 1.94 bits per heavy atom. The predicted octanol–water partition coefficient (Wildman–Crippen LogP) is -1.01. The van der Waals surface area contributed by atoms with Crippen molar-refractivity contribution >= 4 is 29.9 Å². The zero-order valence-corrected chi connectivity index (χ0v) is 14.9. The summed E-state index contributed by atoms with van der Waals surface area (Å²) >= 11 is 0. The fraction of sp³-hybridized carbons (Fsp3) is 0.700. The molecular weight excluding hydrogens is 434 g/mol. The van der Waals surface area contributed by atoms with Gasteiger partial charge in [0.25, 0.3) is 0 Å². The smallest absolute Gasteiger partial charge is 0.330 e. The molecule has 0 unspecified atom stereocenters. The van der Waals surface area contributed by atoms with Gasteiger partial charge in [0.1, 0.15) is 0 Å². The highest BCUT2D eigenvalue weighted by Crippen LogP contribution is 1.98. The van der Waals surface area contributed by atoms with E-state index in [0.29, 0.717) is 6.61 Å². The number of halogens is 2. The Hall–Kier alpha value is 0.590. The van der Waals surface area contributed by atoms with E-state index in [2.05, 4.69) is 27.6 Å². The van der Waals surface area contributed by atoms with E-state index >= 15 is 0 Å². The van der Waals surface area contributed by atoms with Crippen LogP contribution in [0.1, 0.15) is 13.3 Å². The second-order valence-electron chi connectivity index (χ2n) is 3.70. The van der Waals surface area contributed by atoms with Crippen LogP contribution in [0.4, 0.5) is 0 Å². The van der Waals surface area contributed by atoms with Gasteiger partial charge in [-0.15, -0.1) is 24.0 Å². The third-order valence-corrected chi connectivity index (χ3v) is 2.17. The van der Waals surface area contributed by atoms with E-state index in [0.717, 1.165) is 24.0 Å². The van der Waals surface area contributed by atoms with Crippen molar-refractivity contribution < 1.29 is 38.0 Å². The molecule has 0 radical (unpaired) electrons. The molecule has 0 aliphatic rings. The van der Waals surface area contributed by atoms with Crippen molar-refractivity contribution in [2.75, 3.05) is 33.8 Å². The van der Waals surface area contributed by atoms with Gasteiger partial charge in [0, 0.05) is 12.5 Å². The normalized spacial score (nSPS) is 8.94. The summed E-state index contributed by atoms with van der Waals surface area (Å²) in [5.74, 6) is -0.332. The van der Waals surface area contributed by atoms with Gasteiger partial charge in [0.2, 0.25) is 0 Å². The molecule has 100 valence electrons. The Labute approximate surface area is 133 Å². The van der Waals surface area contributed by atoms with Crippen LogP contribution >= 0.6 is 24.0 Å². The molecule has 0 atom stereocenters. The first kappa shape index (κ1) is 25.4. The Morgan fingerprint density at radius 3 is 2.31 bits per heavy atom. The lowest BCUT2D eigenvalue weighted by molar-refractivity contribution is -0.888. The quantitative estimate of drug-likeness (QED) is 0.183. The molecule has 0 rings (SSSR count). The average Bonchev–Trinajstić information content (AvgIpc) is 2.12. The van der Waals surface area contributed by atoms with E-state index in [-0.39, 0.29) is 60.1 Å². The standard InChI is InChI=1S/C10H20NO2.2HI.H3N/c1-5-10(12)13-9-7-8-11(3,4)6-2;;;/h5H,1,6-9H2,2-4H3;2*1H;1H3/q+1;;;/p-1. The zero-order valence-electron chi connectivity index (χ0n) is 10.4. The molecule has 0 aromatic heterocycles. The highest BCUT2D eigenvalue weighted by molar-refractivity contribution is 14.0. The van der Waals surface area contributed by atoms with E-state index in [1.54, 1.807) is 0 Å². The van der Waals surface area contributed by atoms with Gasteiger partial charge >= 0.3 is 5.97 Å². The number of hydrogen-bond acceptors (Lipinski definition) is 3. The maximum atomic E-state index is 10.7. The van der Waals surface area contributed by atoms with E-state index in [4.69, 9.17) is 4.74 Å². The number of carbonyl (C=O) groups excluding carboxylic acids is 1. The van der Waals surface area contributed by atoms with Crippen molar-refractivity contribution in [3.63, 3.8) is 0 Å². The molecule has 0 spiro atoms. The highest BCUT2D eigenvalue weighted by atomic mass is 127. The lowest BCUT2D eigenvalue weighted by Gasteiger charge is -2.27. The summed E-state index contributed by atoms with van der Waals surface area (Å²) in [4.78, 5) is 10.7. The van der Waals surface area contributed by atoms with Gasteiger partial charge in [-0.2, -0.15) is 0 Å². The van der Waals surface area contributed by atoms with Gasteiger partial charge in [-0.05, 0) is 6.92 Å². The fourth-order valence-corrected chi connectivity index (χ4v) is 0.882. The molecule has 0 saturated carbocycles. The summed E-state index contributed by atoms with van der Waals surface area (Å²) in [6.45, 7) is 8.09. The minimum Gasteiger partial charge on any atom is -1.00 e. The van der Waals surface area contributed by atoms with Crippen LogP contribution in [-0.2, 0) is 9.53 Å². The lowest BCUT2D eigenvalue weighted by atomic mass is 10.3. The summed E-state index contributed by atoms with van der Waals surface area (Å²) in [5.41, 5.74) is 0. The summed E-state index contributed by atoms with van der Waals surface area (Å²) < 4.78 is 5.83. The second-order valence-corrected chi connectivity index (χ2v) is 3.70. The third kappa shape index (κ3) is 14.6. The van der Waals surface area contributed by atoms with Crippen LogP contribution in [-0.4, -0.2) is 44.2 Å². The molecule has 0 aromatic rings. The third-order valence-electron chi connectivity index (χ3n) is 2.17. The van der Waals surface area contributed by atoms with Crippen molar-refractivity contribution in [3.8, 4) is 0 Å². The van der Waals surface area contributed by atoms with E-state index in [1.807, 2.05) is 0 Å². The number of hydrogen-bond donors (Lipinski definition) is 1.